The van der Waals surface area contributed by atoms with Gasteiger partial charge in [0.2, 0.25) is 0 Å². The molecule has 1 fully saturated rings. The van der Waals surface area contributed by atoms with Crippen molar-refractivity contribution >= 4 is 0 Å². The molecule has 3 nitrogen and oxygen atoms in total. The number of likely N-dealkylation sites (tertiary alicyclic amines) is 1. The third kappa shape index (κ3) is 5.50. The second kappa shape index (κ2) is 8.16. The van der Waals surface area contributed by atoms with Crippen molar-refractivity contribution < 1.29 is 9.84 Å². The summed E-state index contributed by atoms with van der Waals surface area (Å²) >= 11 is 0. The number of β-amino-alcohol motifs (C(OH)–C–C–N with tert-alkyl or cyclic N) is 1. The number of benzene rings is 1. The summed E-state index contributed by atoms with van der Waals surface area (Å²) < 4.78 is 5.80. The van der Waals surface area contributed by atoms with Crippen LogP contribution in [0.4, 0.5) is 0 Å². The number of aryl methyl sites for hydroxylation is 1. The minimum Gasteiger partial charge on any atom is -0.491 e. The average molecular weight is 319 g/mol. The van der Waals surface area contributed by atoms with Gasteiger partial charge in [-0.2, -0.15) is 0 Å². The van der Waals surface area contributed by atoms with E-state index in [-0.39, 0.29) is 0 Å². The third-order valence-corrected chi connectivity index (χ3v) is 4.72. The number of hydrogen-bond acceptors (Lipinski definition) is 3. The van der Waals surface area contributed by atoms with Gasteiger partial charge in [0.1, 0.15) is 18.5 Å². The number of ether oxygens (including phenoxy) is 1. The molecule has 23 heavy (non-hydrogen) atoms. The Morgan fingerprint density at radius 1 is 1.22 bits per heavy atom. The zero-order chi connectivity index (χ0) is 17.0. The van der Waals surface area contributed by atoms with E-state index in [1.54, 1.807) is 0 Å². The van der Waals surface area contributed by atoms with Gasteiger partial charge in [-0.1, -0.05) is 33.8 Å². The topological polar surface area (TPSA) is 32.7 Å². The molecule has 2 rings (SSSR count). The van der Waals surface area contributed by atoms with Crippen LogP contribution in [0.15, 0.2) is 18.2 Å². The largest absolute Gasteiger partial charge is 0.491 e. The highest BCUT2D eigenvalue weighted by Crippen LogP contribution is 2.24. The number of nitrogens with zero attached hydrogens (tertiary/aromatic N) is 1. The number of aliphatic hydroxyl groups excluding tert-OH is 1. The van der Waals surface area contributed by atoms with Gasteiger partial charge in [-0.05, 0) is 54.4 Å². The highest BCUT2D eigenvalue weighted by molar-refractivity contribution is 5.36. The van der Waals surface area contributed by atoms with Crippen LogP contribution in [0.2, 0.25) is 0 Å². The summed E-state index contributed by atoms with van der Waals surface area (Å²) in [6.45, 7) is 14.4. The fourth-order valence-electron chi connectivity index (χ4n) is 3.87. The zero-order valence-electron chi connectivity index (χ0n) is 15.4. The Morgan fingerprint density at radius 2 is 1.87 bits per heavy atom. The molecule has 1 aromatic rings. The summed E-state index contributed by atoms with van der Waals surface area (Å²) in [5.74, 6) is 2.82. The molecule has 1 aromatic carbocycles. The monoisotopic (exact) mass is 319 g/mol. The first kappa shape index (κ1) is 18.3. The van der Waals surface area contributed by atoms with Gasteiger partial charge in [-0.15, -0.1) is 0 Å². The van der Waals surface area contributed by atoms with Crippen molar-refractivity contribution in [2.24, 2.45) is 11.8 Å². The van der Waals surface area contributed by atoms with Gasteiger partial charge in [-0.3, -0.25) is 0 Å². The predicted molar refractivity (Wildman–Crippen MR) is 96.2 cm³/mol. The normalized spacial score (nSPS) is 24.0. The van der Waals surface area contributed by atoms with Crippen molar-refractivity contribution in [3.63, 3.8) is 0 Å². The van der Waals surface area contributed by atoms with Gasteiger partial charge in [0.15, 0.2) is 0 Å². The first-order chi connectivity index (χ1) is 10.8. The highest BCUT2D eigenvalue weighted by Gasteiger charge is 2.23. The predicted octanol–water partition coefficient (Wildman–Crippen LogP) is 3.84. The van der Waals surface area contributed by atoms with Crippen LogP contribution in [0.25, 0.3) is 0 Å². The molecule has 1 saturated heterocycles. The second-order valence-corrected chi connectivity index (χ2v) is 7.80. The Hall–Kier alpha value is -1.06. The quantitative estimate of drug-likeness (QED) is 0.865. The van der Waals surface area contributed by atoms with Crippen LogP contribution in [-0.2, 0) is 0 Å². The Kier molecular flexibility index (Phi) is 6.49. The first-order valence-electron chi connectivity index (χ1n) is 8.99. The number of aliphatic hydroxyl groups is 1. The molecule has 0 aromatic heterocycles. The lowest BCUT2D eigenvalue weighted by molar-refractivity contribution is 0.0429. The molecule has 0 spiro atoms. The Labute approximate surface area is 141 Å². The molecule has 0 amide bonds. The average Bonchev–Trinajstić information content (AvgIpc) is 2.43. The first-order valence-corrected chi connectivity index (χ1v) is 8.99. The summed E-state index contributed by atoms with van der Waals surface area (Å²) in [4.78, 5) is 2.37. The lowest BCUT2D eigenvalue weighted by Crippen LogP contribution is -2.44. The van der Waals surface area contributed by atoms with E-state index in [4.69, 9.17) is 4.74 Å². The van der Waals surface area contributed by atoms with Gasteiger partial charge in [0, 0.05) is 19.6 Å². The van der Waals surface area contributed by atoms with Crippen molar-refractivity contribution in [3.05, 3.63) is 29.3 Å². The molecule has 3 atom stereocenters. The van der Waals surface area contributed by atoms with Gasteiger partial charge >= 0.3 is 0 Å². The van der Waals surface area contributed by atoms with Gasteiger partial charge in [-0.25, -0.2) is 0 Å². The van der Waals surface area contributed by atoms with Crippen molar-refractivity contribution in [2.45, 2.75) is 53.1 Å². The van der Waals surface area contributed by atoms with Crippen molar-refractivity contribution in [2.75, 3.05) is 26.2 Å². The second-order valence-electron chi connectivity index (χ2n) is 7.80. The molecule has 1 aliphatic heterocycles. The van der Waals surface area contributed by atoms with Gasteiger partial charge < -0.3 is 14.7 Å². The summed E-state index contributed by atoms with van der Waals surface area (Å²) in [6.07, 6.45) is 0.863. The van der Waals surface area contributed by atoms with Crippen LogP contribution in [0.5, 0.6) is 5.75 Å². The van der Waals surface area contributed by atoms with E-state index in [1.807, 2.05) is 6.07 Å². The van der Waals surface area contributed by atoms with Crippen LogP contribution in [-0.4, -0.2) is 42.4 Å². The highest BCUT2D eigenvalue weighted by atomic mass is 16.5. The van der Waals surface area contributed by atoms with Crippen LogP contribution >= 0.6 is 0 Å². The van der Waals surface area contributed by atoms with Crippen molar-refractivity contribution in [3.8, 4) is 5.75 Å². The van der Waals surface area contributed by atoms with E-state index in [9.17, 15) is 5.11 Å². The van der Waals surface area contributed by atoms with Crippen molar-refractivity contribution in [1.29, 1.82) is 0 Å². The Balaban J connectivity index is 1.82. The maximum absolute atomic E-state index is 10.3. The van der Waals surface area contributed by atoms with E-state index in [1.165, 1.54) is 17.5 Å². The third-order valence-electron chi connectivity index (χ3n) is 4.72. The van der Waals surface area contributed by atoms with Crippen LogP contribution in [0.3, 0.4) is 0 Å². The lowest BCUT2D eigenvalue weighted by atomic mass is 9.92. The molecular weight excluding hydrogens is 286 g/mol. The molecule has 1 heterocycles. The summed E-state index contributed by atoms with van der Waals surface area (Å²) in [6, 6.07) is 6.23. The van der Waals surface area contributed by atoms with E-state index in [0.29, 0.717) is 19.1 Å². The SMILES string of the molecule is Cc1cc(OCC(O)CN2CC(C)CC(C)C2)ccc1C(C)C. The standard InChI is InChI=1S/C20H33NO2/c1-14(2)20-7-6-19(9-17(20)5)23-13-18(22)12-21-10-15(3)8-16(4)11-21/h6-7,9,14-16,18,22H,8,10-13H2,1-5H3. The smallest absolute Gasteiger partial charge is 0.119 e. The molecule has 1 N–H and O–H groups in total. The minimum absolute atomic E-state index is 0.361. The maximum Gasteiger partial charge on any atom is 0.119 e. The molecule has 0 saturated carbocycles. The van der Waals surface area contributed by atoms with Crippen LogP contribution in [0.1, 0.15) is 51.2 Å². The molecule has 0 bridgehead atoms. The Bertz CT molecular complexity index is 490. The maximum atomic E-state index is 10.3. The van der Waals surface area contributed by atoms with E-state index in [2.05, 4.69) is 51.7 Å². The summed E-state index contributed by atoms with van der Waals surface area (Å²) in [5, 5.41) is 10.3. The van der Waals surface area contributed by atoms with Gasteiger partial charge in [0.25, 0.3) is 0 Å². The number of hydrogen-bond donors (Lipinski definition) is 1. The minimum atomic E-state index is -0.433. The van der Waals surface area contributed by atoms with Crippen LogP contribution in [0, 0.1) is 18.8 Å². The fourth-order valence-corrected chi connectivity index (χ4v) is 3.87. The molecule has 0 radical (unpaired) electrons. The molecule has 0 aliphatic carbocycles. The lowest BCUT2D eigenvalue weighted by Gasteiger charge is -2.35. The molecule has 1 aliphatic rings. The summed E-state index contributed by atoms with van der Waals surface area (Å²) in [7, 11) is 0. The van der Waals surface area contributed by atoms with Crippen molar-refractivity contribution in [1.82, 2.24) is 4.90 Å². The fraction of sp³-hybridized carbons (Fsp3) is 0.700. The summed E-state index contributed by atoms with van der Waals surface area (Å²) in [5.41, 5.74) is 2.61. The van der Waals surface area contributed by atoms with E-state index < -0.39 is 6.10 Å². The van der Waals surface area contributed by atoms with E-state index in [0.717, 1.165) is 30.7 Å². The van der Waals surface area contributed by atoms with Gasteiger partial charge in [0.05, 0.1) is 0 Å². The Morgan fingerprint density at radius 3 is 2.43 bits per heavy atom. The van der Waals surface area contributed by atoms with E-state index >= 15 is 0 Å². The molecule has 3 heteroatoms. The van der Waals surface area contributed by atoms with Crippen LogP contribution < -0.4 is 4.74 Å². The molecular formula is C20H33NO2. The molecule has 3 unspecified atom stereocenters. The zero-order valence-corrected chi connectivity index (χ0v) is 15.4. The number of rotatable bonds is 6. The molecule has 130 valence electrons. The number of piperidine rings is 1.